The molecule has 0 atom stereocenters. The molecule has 0 fully saturated rings. The zero-order chi connectivity index (χ0) is 23.5. The minimum atomic E-state index is -0.556. The van der Waals surface area contributed by atoms with Gasteiger partial charge >= 0.3 is 0 Å². The number of ether oxygens (including phenoxy) is 3. The Morgan fingerprint density at radius 3 is 2.70 bits per heavy atom. The number of nitrogens with one attached hydrogen (secondary N) is 1. The zero-order valence-electron chi connectivity index (χ0n) is 18.1. The Morgan fingerprint density at radius 2 is 1.97 bits per heavy atom. The molecular weight excluding hydrogens is 460 g/mol. The highest BCUT2D eigenvalue weighted by Crippen LogP contribution is 2.29. The summed E-state index contributed by atoms with van der Waals surface area (Å²) >= 11 is 2.55. The van der Waals surface area contributed by atoms with Crippen molar-refractivity contribution in [3.63, 3.8) is 0 Å². The van der Waals surface area contributed by atoms with E-state index in [-0.39, 0.29) is 5.57 Å². The van der Waals surface area contributed by atoms with Crippen molar-refractivity contribution in [3.8, 4) is 23.3 Å². The molecule has 0 aliphatic heterocycles. The molecule has 0 radical (unpaired) electrons. The van der Waals surface area contributed by atoms with Crippen molar-refractivity contribution in [3.05, 3.63) is 59.7 Å². The van der Waals surface area contributed by atoms with Crippen molar-refractivity contribution in [2.24, 2.45) is 0 Å². The molecule has 1 aromatic heterocycles. The van der Waals surface area contributed by atoms with Crippen molar-refractivity contribution in [2.75, 3.05) is 31.4 Å². The number of nitriles is 1. The molecule has 0 unspecified atom stereocenters. The molecule has 0 spiro atoms. The first-order chi connectivity index (χ1) is 16.1. The molecule has 0 aliphatic carbocycles. The molecule has 2 aromatic carbocycles. The lowest BCUT2D eigenvalue weighted by Gasteiger charge is -2.12. The van der Waals surface area contributed by atoms with E-state index in [2.05, 4.69) is 14.7 Å². The third-order valence-electron chi connectivity index (χ3n) is 4.12. The lowest BCUT2D eigenvalue weighted by Crippen LogP contribution is -2.13. The van der Waals surface area contributed by atoms with Crippen LogP contribution < -0.4 is 19.5 Å². The number of amides is 1. The smallest absolute Gasteiger partial charge is 0.268 e. The number of rotatable bonds is 11. The van der Waals surface area contributed by atoms with Crippen LogP contribution in [-0.2, 0) is 4.79 Å². The summed E-state index contributed by atoms with van der Waals surface area (Å²) in [5, 5.41) is 13.0. The maximum atomic E-state index is 12.5. The molecule has 8 nitrogen and oxygen atoms in total. The predicted molar refractivity (Wildman–Crippen MR) is 129 cm³/mol. The van der Waals surface area contributed by atoms with Gasteiger partial charge in [-0.05, 0) is 41.7 Å². The number of carbonyl (C=O) groups is 1. The molecule has 170 valence electrons. The highest BCUT2D eigenvalue weighted by atomic mass is 32.2. The molecule has 0 saturated heterocycles. The molecule has 10 heteroatoms. The maximum absolute atomic E-state index is 12.5. The number of carbonyl (C=O) groups excluding carboxylic acids is 1. The Hall–Kier alpha value is -3.55. The Labute approximate surface area is 200 Å². The van der Waals surface area contributed by atoms with Crippen LogP contribution in [0.15, 0.2) is 59.3 Å². The van der Waals surface area contributed by atoms with Crippen LogP contribution in [0, 0.1) is 11.3 Å². The van der Waals surface area contributed by atoms with Gasteiger partial charge in [0.25, 0.3) is 5.91 Å². The van der Waals surface area contributed by atoms with Gasteiger partial charge in [-0.2, -0.15) is 14.6 Å². The van der Waals surface area contributed by atoms with E-state index < -0.39 is 5.91 Å². The second-order valence-electron chi connectivity index (χ2n) is 6.36. The van der Waals surface area contributed by atoms with E-state index in [4.69, 9.17) is 14.2 Å². The van der Waals surface area contributed by atoms with Crippen LogP contribution in [-0.4, -0.2) is 41.3 Å². The summed E-state index contributed by atoms with van der Waals surface area (Å²) in [4.78, 5) is 16.7. The first-order valence-electron chi connectivity index (χ1n) is 10.0. The third-order valence-corrected chi connectivity index (χ3v) is 5.59. The van der Waals surface area contributed by atoms with E-state index in [0.29, 0.717) is 40.6 Å². The number of hydrogen-bond donors (Lipinski definition) is 1. The van der Waals surface area contributed by atoms with Gasteiger partial charge < -0.3 is 14.2 Å². The van der Waals surface area contributed by atoms with Crippen LogP contribution in [0.4, 0.5) is 5.13 Å². The van der Waals surface area contributed by atoms with Crippen molar-refractivity contribution < 1.29 is 19.0 Å². The lowest BCUT2D eigenvalue weighted by atomic mass is 10.1. The average Bonchev–Trinajstić information content (AvgIpc) is 3.28. The van der Waals surface area contributed by atoms with Crippen LogP contribution in [0.3, 0.4) is 0 Å². The number of nitrogens with zero attached hydrogens (tertiary/aromatic N) is 3. The highest BCUT2D eigenvalue weighted by molar-refractivity contribution is 7.99. The first kappa shape index (κ1) is 24.1. The van der Waals surface area contributed by atoms with Gasteiger partial charge in [0.2, 0.25) is 10.3 Å². The second-order valence-corrected chi connectivity index (χ2v) is 8.34. The summed E-state index contributed by atoms with van der Waals surface area (Å²) in [5.74, 6) is 2.05. The third kappa shape index (κ3) is 7.24. The van der Waals surface area contributed by atoms with Gasteiger partial charge in [-0.15, -0.1) is 0 Å². The van der Waals surface area contributed by atoms with Gasteiger partial charge in [-0.25, -0.2) is 0 Å². The second kappa shape index (κ2) is 12.5. The summed E-state index contributed by atoms with van der Waals surface area (Å²) < 4.78 is 20.9. The van der Waals surface area contributed by atoms with Gasteiger partial charge in [-0.1, -0.05) is 43.0 Å². The topological polar surface area (TPSA) is 106 Å². The van der Waals surface area contributed by atoms with Gasteiger partial charge in [0.05, 0.1) is 7.11 Å². The van der Waals surface area contributed by atoms with Crippen LogP contribution in [0.5, 0.6) is 17.2 Å². The van der Waals surface area contributed by atoms with Gasteiger partial charge in [-0.3, -0.25) is 10.1 Å². The first-order valence-corrected chi connectivity index (χ1v) is 11.8. The van der Waals surface area contributed by atoms with E-state index in [9.17, 15) is 10.1 Å². The van der Waals surface area contributed by atoms with E-state index >= 15 is 0 Å². The highest BCUT2D eigenvalue weighted by Gasteiger charge is 2.14. The van der Waals surface area contributed by atoms with Crippen molar-refractivity contribution in [1.29, 1.82) is 5.26 Å². The standard InChI is InChI=1S/C23H22N4O4S2/c1-3-32-23-26-22(33-27-23)25-21(28)17(15-24)13-16-9-10-19(20(14-16)29-2)31-12-11-30-18-7-5-4-6-8-18/h4-10,13-14H,3,11-12H2,1-2H3,(H,25,26,27,28)/b17-13-. The number of hydrogen-bond acceptors (Lipinski definition) is 9. The molecule has 33 heavy (non-hydrogen) atoms. The number of benzene rings is 2. The monoisotopic (exact) mass is 482 g/mol. The minimum Gasteiger partial charge on any atom is -0.493 e. The summed E-state index contributed by atoms with van der Waals surface area (Å²) in [6.45, 7) is 2.69. The van der Waals surface area contributed by atoms with Gasteiger partial charge in [0, 0.05) is 11.5 Å². The number of aromatic nitrogens is 2. The average molecular weight is 483 g/mol. The van der Waals surface area contributed by atoms with Crippen molar-refractivity contribution in [1.82, 2.24) is 9.36 Å². The largest absolute Gasteiger partial charge is 0.493 e. The molecule has 3 rings (SSSR count). The fraction of sp³-hybridized carbons (Fsp3) is 0.217. The molecule has 0 aliphatic rings. The fourth-order valence-corrected chi connectivity index (χ4v) is 3.91. The molecule has 3 aromatic rings. The normalized spacial score (nSPS) is 10.9. The number of methoxy groups -OCH3 is 1. The molecule has 1 amide bonds. The maximum Gasteiger partial charge on any atom is 0.268 e. The number of thioether (sulfide) groups is 1. The Morgan fingerprint density at radius 1 is 1.18 bits per heavy atom. The van der Waals surface area contributed by atoms with Gasteiger partial charge in [0.15, 0.2) is 11.5 Å². The van der Waals surface area contributed by atoms with Crippen LogP contribution >= 0.6 is 23.3 Å². The van der Waals surface area contributed by atoms with Crippen LogP contribution in [0.25, 0.3) is 6.08 Å². The Balaban J connectivity index is 1.62. The Kier molecular flexibility index (Phi) is 9.11. The lowest BCUT2D eigenvalue weighted by molar-refractivity contribution is -0.112. The van der Waals surface area contributed by atoms with Gasteiger partial charge in [0.1, 0.15) is 30.6 Å². The molecular formula is C23H22N4O4S2. The summed E-state index contributed by atoms with van der Waals surface area (Å²) in [6, 6.07) is 16.5. The zero-order valence-corrected chi connectivity index (χ0v) is 19.7. The minimum absolute atomic E-state index is 0.0677. The Bertz CT molecular complexity index is 1140. The molecule has 0 bridgehead atoms. The summed E-state index contributed by atoms with van der Waals surface area (Å²) in [7, 11) is 1.52. The van der Waals surface area contributed by atoms with E-state index in [1.54, 1.807) is 18.2 Å². The van der Waals surface area contributed by atoms with Crippen molar-refractivity contribution >= 4 is 40.4 Å². The molecule has 0 saturated carbocycles. The number of para-hydroxylation sites is 1. The number of anilines is 1. The van der Waals surface area contributed by atoms with E-state index in [1.165, 1.54) is 24.9 Å². The SMILES string of the molecule is CCSc1nsc(NC(=O)/C(C#N)=C\c2ccc(OCCOc3ccccc3)c(OC)c2)n1. The van der Waals surface area contributed by atoms with Crippen LogP contribution in [0.1, 0.15) is 12.5 Å². The van der Waals surface area contributed by atoms with E-state index in [0.717, 1.165) is 23.0 Å². The predicted octanol–water partition coefficient (Wildman–Crippen LogP) is 4.66. The fourth-order valence-electron chi connectivity index (χ4n) is 2.65. The molecule has 1 heterocycles. The molecule has 1 N–H and O–H groups in total. The van der Waals surface area contributed by atoms with Crippen LogP contribution in [0.2, 0.25) is 0 Å². The quantitative estimate of drug-likeness (QED) is 0.182. The van der Waals surface area contributed by atoms with E-state index in [1.807, 2.05) is 43.3 Å². The summed E-state index contributed by atoms with van der Waals surface area (Å²) in [5.41, 5.74) is 0.549. The summed E-state index contributed by atoms with van der Waals surface area (Å²) in [6.07, 6.45) is 1.48. The van der Waals surface area contributed by atoms with Crippen molar-refractivity contribution in [2.45, 2.75) is 12.1 Å².